The fraction of sp³-hybridized carbons (Fsp3) is 0.455. The van der Waals surface area contributed by atoms with Crippen LogP contribution in [0.15, 0.2) is 41.3 Å². The molecule has 2 atom stereocenters. The van der Waals surface area contributed by atoms with E-state index in [0.717, 1.165) is 29.7 Å². The summed E-state index contributed by atoms with van der Waals surface area (Å²) < 4.78 is 17.4. The van der Waals surface area contributed by atoms with E-state index in [9.17, 15) is 0 Å². The monoisotopic (exact) mass is 370 g/mol. The normalized spacial score (nSPS) is 19.0. The van der Waals surface area contributed by atoms with Gasteiger partial charge in [-0.3, -0.25) is 0 Å². The van der Waals surface area contributed by atoms with Crippen LogP contribution in [0.25, 0.3) is 0 Å². The van der Waals surface area contributed by atoms with Gasteiger partial charge in [-0.25, -0.2) is 0 Å². The van der Waals surface area contributed by atoms with E-state index >= 15 is 0 Å². The molecule has 5 heteroatoms. The number of nitrogens with zero attached hydrogens (tertiary/aromatic N) is 2. The first-order valence-electron chi connectivity index (χ1n) is 9.27. The summed E-state index contributed by atoms with van der Waals surface area (Å²) in [5, 5.41) is 7.42. The van der Waals surface area contributed by atoms with Crippen LogP contribution < -0.4 is 4.74 Å². The second-order valence-electron chi connectivity index (χ2n) is 6.78. The van der Waals surface area contributed by atoms with Crippen LogP contribution in [0.2, 0.25) is 0 Å². The topological polar surface area (TPSA) is 52.4 Å². The summed E-state index contributed by atoms with van der Waals surface area (Å²) in [6, 6.07) is 2.07. The maximum absolute atomic E-state index is 6.03. The molecule has 5 nitrogen and oxygen atoms in total. The number of benzene rings is 1. The molecule has 0 spiro atoms. The Kier molecular flexibility index (Phi) is 7.22. The van der Waals surface area contributed by atoms with Crippen LogP contribution in [-0.2, 0) is 15.9 Å². The van der Waals surface area contributed by atoms with Gasteiger partial charge in [0.15, 0.2) is 6.61 Å². The summed E-state index contributed by atoms with van der Waals surface area (Å²) in [6.45, 7) is 20.1. The summed E-state index contributed by atoms with van der Waals surface area (Å²) in [4.78, 5) is 0. The van der Waals surface area contributed by atoms with Gasteiger partial charge in [0, 0.05) is 18.2 Å². The largest absolute Gasteiger partial charge is 0.493 e. The summed E-state index contributed by atoms with van der Waals surface area (Å²) in [6.07, 6.45) is 3.45. The Morgan fingerprint density at radius 2 is 2.11 bits per heavy atom. The summed E-state index contributed by atoms with van der Waals surface area (Å²) >= 11 is 0. The zero-order valence-corrected chi connectivity index (χ0v) is 16.9. The van der Waals surface area contributed by atoms with E-state index < -0.39 is 0 Å². The van der Waals surface area contributed by atoms with Crippen LogP contribution in [0.3, 0.4) is 0 Å². The zero-order chi connectivity index (χ0) is 20.0. The molecule has 0 saturated heterocycles. The third-order valence-corrected chi connectivity index (χ3v) is 5.00. The number of rotatable bonds is 8. The number of fused-ring (bicyclic) bond motifs is 1. The van der Waals surface area contributed by atoms with Gasteiger partial charge in [0.2, 0.25) is 5.90 Å². The Morgan fingerprint density at radius 3 is 2.70 bits per heavy atom. The fourth-order valence-corrected chi connectivity index (χ4v) is 3.74. The van der Waals surface area contributed by atoms with Crippen LogP contribution in [0.4, 0.5) is 0 Å². The molecular weight excluding hydrogens is 340 g/mol. The van der Waals surface area contributed by atoms with E-state index in [1.165, 1.54) is 23.0 Å². The second kappa shape index (κ2) is 9.40. The first-order chi connectivity index (χ1) is 12.9. The lowest BCUT2D eigenvalue weighted by Gasteiger charge is -2.36. The number of hydrogen-bond donors (Lipinski definition) is 0. The number of hydrogen-bond acceptors (Lipinski definition) is 5. The molecule has 0 amide bonds. The van der Waals surface area contributed by atoms with Gasteiger partial charge in [0.1, 0.15) is 11.9 Å². The highest BCUT2D eigenvalue weighted by Gasteiger charge is 2.34. The predicted molar refractivity (Wildman–Crippen MR) is 111 cm³/mol. The third-order valence-electron chi connectivity index (χ3n) is 5.00. The lowest BCUT2D eigenvalue weighted by atomic mass is 9.75. The molecule has 1 aromatic carbocycles. The standard InChI is InChI=1S/C22H30N2O3/c1-8-25-20(24-23-7)13-27-19-12-15(5)18-11-10-17(14(3)4)22(26-9-2)21(18)16(19)6/h9,12,17,22H,2-3,7-8,10-11,13H2,1,4-6H3/b24-20-/t17-,22+/m0/s1. The molecule has 0 bridgehead atoms. The van der Waals surface area contributed by atoms with Crippen LogP contribution in [0.5, 0.6) is 5.75 Å². The molecule has 0 fully saturated rings. The first kappa shape index (κ1) is 20.7. The molecule has 1 aromatic rings. The van der Waals surface area contributed by atoms with Gasteiger partial charge in [0.05, 0.1) is 12.9 Å². The average molecular weight is 370 g/mol. The summed E-state index contributed by atoms with van der Waals surface area (Å²) in [7, 11) is 0. The molecule has 0 N–H and O–H groups in total. The Balaban J connectivity index is 2.42. The van der Waals surface area contributed by atoms with Gasteiger partial charge in [-0.05, 0) is 63.3 Å². The van der Waals surface area contributed by atoms with E-state index in [4.69, 9.17) is 14.2 Å². The molecule has 27 heavy (non-hydrogen) atoms. The van der Waals surface area contributed by atoms with E-state index in [1.54, 1.807) is 0 Å². The molecule has 1 aliphatic rings. The Labute approximate surface area is 162 Å². The maximum atomic E-state index is 6.03. The molecule has 1 aliphatic carbocycles. The van der Waals surface area contributed by atoms with Crippen molar-refractivity contribution in [1.29, 1.82) is 0 Å². The van der Waals surface area contributed by atoms with Crippen molar-refractivity contribution in [3.8, 4) is 5.75 Å². The van der Waals surface area contributed by atoms with Crippen molar-refractivity contribution in [2.75, 3.05) is 13.2 Å². The third kappa shape index (κ3) is 4.59. The Hall–Kier alpha value is -2.56. The minimum absolute atomic E-state index is 0.0964. The predicted octanol–water partition coefficient (Wildman–Crippen LogP) is 5.07. The van der Waals surface area contributed by atoms with Crippen LogP contribution in [0.1, 0.15) is 48.6 Å². The quantitative estimate of drug-likeness (QED) is 0.211. The molecule has 0 saturated carbocycles. The summed E-state index contributed by atoms with van der Waals surface area (Å²) in [5.41, 5.74) is 5.89. The van der Waals surface area contributed by atoms with Crippen molar-refractivity contribution in [1.82, 2.24) is 0 Å². The van der Waals surface area contributed by atoms with Crippen molar-refractivity contribution >= 4 is 12.6 Å². The lowest BCUT2D eigenvalue weighted by molar-refractivity contribution is 0.0888. The van der Waals surface area contributed by atoms with Crippen LogP contribution in [0, 0.1) is 19.8 Å². The highest BCUT2D eigenvalue weighted by atomic mass is 16.5. The first-order valence-corrected chi connectivity index (χ1v) is 9.27. The van der Waals surface area contributed by atoms with Gasteiger partial charge < -0.3 is 14.2 Å². The van der Waals surface area contributed by atoms with E-state index in [1.807, 2.05) is 6.92 Å². The number of ether oxygens (including phenoxy) is 3. The van der Waals surface area contributed by atoms with Crippen LogP contribution >= 0.6 is 0 Å². The van der Waals surface area contributed by atoms with Crippen LogP contribution in [-0.4, -0.2) is 25.8 Å². The lowest BCUT2D eigenvalue weighted by Crippen LogP contribution is -2.25. The van der Waals surface area contributed by atoms with Gasteiger partial charge >= 0.3 is 0 Å². The fourth-order valence-electron chi connectivity index (χ4n) is 3.74. The van der Waals surface area contributed by atoms with Crippen molar-refractivity contribution < 1.29 is 14.2 Å². The molecule has 0 aromatic heterocycles. The van der Waals surface area contributed by atoms with Gasteiger partial charge in [0.25, 0.3) is 0 Å². The minimum Gasteiger partial charge on any atom is -0.493 e. The van der Waals surface area contributed by atoms with E-state index in [0.29, 0.717) is 12.5 Å². The van der Waals surface area contributed by atoms with Crippen molar-refractivity contribution in [2.24, 2.45) is 16.1 Å². The Bertz CT molecular complexity index is 752. The Morgan fingerprint density at radius 1 is 1.37 bits per heavy atom. The van der Waals surface area contributed by atoms with E-state index in [-0.39, 0.29) is 18.6 Å². The average Bonchev–Trinajstić information content (AvgIpc) is 2.63. The molecule has 0 aliphatic heterocycles. The molecule has 2 rings (SSSR count). The second-order valence-corrected chi connectivity index (χ2v) is 6.78. The molecular formula is C22H30N2O3. The highest BCUT2D eigenvalue weighted by Crippen LogP contribution is 2.45. The molecule has 0 heterocycles. The van der Waals surface area contributed by atoms with Crippen molar-refractivity contribution in [3.63, 3.8) is 0 Å². The maximum Gasteiger partial charge on any atom is 0.246 e. The SMILES string of the molecule is C=CO[C@H]1c2c(C)c(OC/C(=N/N=C)OCC)cc(C)c2CC[C@H]1C(=C)C. The number of aryl methyl sites for hydroxylation is 1. The minimum atomic E-state index is -0.0964. The van der Waals surface area contributed by atoms with Gasteiger partial charge in [-0.15, -0.1) is 5.10 Å². The van der Waals surface area contributed by atoms with Crippen molar-refractivity contribution in [2.45, 2.75) is 46.6 Å². The smallest absolute Gasteiger partial charge is 0.246 e. The van der Waals surface area contributed by atoms with E-state index in [2.05, 4.69) is 56.9 Å². The van der Waals surface area contributed by atoms with Crippen molar-refractivity contribution in [3.05, 3.63) is 53.3 Å². The highest BCUT2D eigenvalue weighted by molar-refractivity contribution is 5.77. The van der Waals surface area contributed by atoms with Gasteiger partial charge in [-0.2, -0.15) is 5.10 Å². The van der Waals surface area contributed by atoms with Gasteiger partial charge in [-0.1, -0.05) is 18.7 Å². The summed E-state index contributed by atoms with van der Waals surface area (Å²) in [5.74, 6) is 1.46. The molecule has 0 unspecified atom stereocenters. The molecule has 146 valence electrons. The zero-order valence-electron chi connectivity index (χ0n) is 16.9. The molecule has 0 radical (unpaired) electrons.